The summed E-state index contributed by atoms with van der Waals surface area (Å²) in [6.45, 7) is 0. The molecule has 0 saturated carbocycles. The second kappa shape index (κ2) is 6.04. The Bertz CT molecular complexity index is 740. The largest absolute Gasteiger partial charge is 0.478 e. The fourth-order valence-corrected chi connectivity index (χ4v) is 1.79. The standard InChI is InChI=1S/C15H10FNO5/c16-12-4-2-1-3-11(12)13(18)17-10-6-8(14(19)20)5-9(7-10)15(21)22/h1-7H,(H,17,18)(H,19,20)(H,21,22). The molecule has 0 atom stereocenters. The molecule has 3 N–H and O–H groups in total. The van der Waals surface area contributed by atoms with Gasteiger partial charge in [0.1, 0.15) is 5.82 Å². The molecule has 2 rings (SSSR count). The molecule has 0 unspecified atom stereocenters. The first-order valence-electron chi connectivity index (χ1n) is 6.06. The molecule has 0 bridgehead atoms. The zero-order chi connectivity index (χ0) is 16.3. The predicted molar refractivity (Wildman–Crippen MR) is 74.7 cm³/mol. The summed E-state index contributed by atoms with van der Waals surface area (Å²) in [5.41, 5.74) is -0.891. The number of halogens is 1. The van der Waals surface area contributed by atoms with Crippen molar-refractivity contribution in [2.75, 3.05) is 5.32 Å². The third kappa shape index (κ3) is 3.26. The molecule has 0 spiro atoms. The summed E-state index contributed by atoms with van der Waals surface area (Å²) in [5.74, 6) is -4.24. The molecule has 0 fully saturated rings. The highest BCUT2D eigenvalue weighted by molar-refractivity contribution is 6.06. The lowest BCUT2D eigenvalue weighted by atomic mass is 10.1. The minimum atomic E-state index is -1.34. The van der Waals surface area contributed by atoms with Crippen molar-refractivity contribution in [3.63, 3.8) is 0 Å². The fourth-order valence-electron chi connectivity index (χ4n) is 1.79. The van der Waals surface area contributed by atoms with Crippen LogP contribution in [0.5, 0.6) is 0 Å². The van der Waals surface area contributed by atoms with Crippen molar-refractivity contribution in [2.45, 2.75) is 0 Å². The lowest BCUT2D eigenvalue weighted by Crippen LogP contribution is -2.15. The number of anilines is 1. The number of hydrogen-bond donors (Lipinski definition) is 3. The molecule has 0 saturated heterocycles. The number of nitrogens with one attached hydrogen (secondary N) is 1. The highest BCUT2D eigenvalue weighted by Crippen LogP contribution is 2.17. The lowest BCUT2D eigenvalue weighted by Gasteiger charge is -2.08. The zero-order valence-corrected chi connectivity index (χ0v) is 11.0. The average molecular weight is 303 g/mol. The van der Waals surface area contributed by atoms with Gasteiger partial charge in [-0.2, -0.15) is 0 Å². The molecule has 0 aliphatic carbocycles. The first-order valence-corrected chi connectivity index (χ1v) is 6.06. The van der Waals surface area contributed by atoms with Crippen LogP contribution in [0.15, 0.2) is 42.5 Å². The number of carboxylic acids is 2. The first kappa shape index (κ1) is 15.2. The monoisotopic (exact) mass is 303 g/mol. The van der Waals surface area contributed by atoms with Crippen LogP contribution in [0, 0.1) is 5.82 Å². The third-order valence-electron chi connectivity index (χ3n) is 2.80. The van der Waals surface area contributed by atoms with Gasteiger partial charge in [0, 0.05) is 5.69 Å². The normalized spacial score (nSPS) is 10.0. The average Bonchev–Trinajstić information content (AvgIpc) is 2.47. The summed E-state index contributed by atoms with van der Waals surface area (Å²) < 4.78 is 13.5. The number of carbonyl (C=O) groups excluding carboxylic acids is 1. The fraction of sp³-hybridized carbons (Fsp3) is 0. The number of carbonyl (C=O) groups is 3. The maximum atomic E-state index is 13.5. The highest BCUT2D eigenvalue weighted by atomic mass is 19.1. The van der Waals surface area contributed by atoms with E-state index in [1.807, 2.05) is 0 Å². The van der Waals surface area contributed by atoms with E-state index in [-0.39, 0.29) is 22.4 Å². The van der Waals surface area contributed by atoms with Crippen LogP contribution in [-0.2, 0) is 0 Å². The number of hydrogen-bond acceptors (Lipinski definition) is 3. The molecule has 22 heavy (non-hydrogen) atoms. The minimum absolute atomic E-state index is 0.0504. The van der Waals surface area contributed by atoms with Crippen LogP contribution in [0.2, 0.25) is 0 Å². The van der Waals surface area contributed by atoms with Gasteiger partial charge in [0.2, 0.25) is 0 Å². The number of rotatable bonds is 4. The maximum Gasteiger partial charge on any atom is 0.335 e. The number of benzene rings is 2. The van der Waals surface area contributed by atoms with Crippen LogP contribution in [0.25, 0.3) is 0 Å². The van der Waals surface area contributed by atoms with Crippen molar-refractivity contribution in [3.8, 4) is 0 Å². The van der Waals surface area contributed by atoms with Gasteiger partial charge in [0.15, 0.2) is 0 Å². The van der Waals surface area contributed by atoms with Gasteiger partial charge in [-0.05, 0) is 30.3 Å². The van der Waals surface area contributed by atoms with Crippen LogP contribution >= 0.6 is 0 Å². The molecular weight excluding hydrogens is 293 g/mol. The van der Waals surface area contributed by atoms with Crippen LogP contribution in [0.3, 0.4) is 0 Å². The van der Waals surface area contributed by atoms with Gasteiger partial charge in [0.05, 0.1) is 16.7 Å². The Morgan fingerprint density at radius 3 is 1.95 bits per heavy atom. The Morgan fingerprint density at radius 1 is 0.909 bits per heavy atom. The van der Waals surface area contributed by atoms with Crippen molar-refractivity contribution in [3.05, 3.63) is 65.0 Å². The van der Waals surface area contributed by atoms with E-state index in [0.29, 0.717) is 0 Å². The Kier molecular flexibility index (Phi) is 4.17. The molecular formula is C15H10FNO5. The van der Waals surface area contributed by atoms with Crippen LogP contribution in [0.4, 0.5) is 10.1 Å². The van der Waals surface area contributed by atoms with Gasteiger partial charge in [-0.3, -0.25) is 4.79 Å². The van der Waals surface area contributed by atoms with Crippen molar-refractivity contribution in [1.29, 1.82) is 0 Å². The molecule has 6 nitrogen and oxygen atoms in total. The molecule has 0 radical (unpaired) electrons. The van der Waals surface area contributed by atoms with Gasteiger partial charge in [-0.25, -0.2) is 14.0 Å². The van der Waals surface area contributed by atoms with Crippen LogP contribution in [-0.4, -0.2) is 28.1 Å². The number of amides is 1. The Labute approximate surface area is 123 Å². The molecule has 112 valence electrons. The van der Waals surface area contributed by atoms with Crippen molar-refractivity contribution < 1.29 is 29.0 Å². The van der Waals surface area contributed by atoms with E-state index in [0.717, 1.165) is 24.3 Å². The van der Waals surface area contributed by atoms with E-state index in [9.17, 15) is 18.8 Å². The Morgan fingerprint density at radius 2 is 1.45 bits per heavy atom. The van der Waals surface area contributed by atoms with E-state index in [2.05, 4.69) is 5.32 Å². The quantitative estimate of drug-likeness (QED) is 0.805. The second-order valence-corrected chi connectivity index (χ2v) is 4.34. The summed E-state index contributed by atoms with van der Waals surface area (Å²) in [6.07, 6.45) is 0. The molecule has 0 heterocycles. The van der Waals surface area contributed by atoms with E-state index < -0.39 is 23.7 Å². The highest BCUT2D eigenvalue weighted by Gasteiger charge is 2.15. The Hall–Kier alpha value is -3.22. The molecule has 2 aromatic carbocycles. The van der Waals surface area contributed by atoms with Gasteiger partial charge in [-0.1, -0.05) is 12.1 Å². The first-order chi connectivity index (χ1) is 10.4. The predicted octanol–water partition coefficient (Wildman–Crippen LogP) is 2.47. The summed E-state index contributed by atoms with van der Waals surface area (Å²) in [7, 11) is 0. The Balaban J connectivity index is 2.37. The van der Waals surface area contributed by atoms with Gasteiger partial charge in [0.25, 0.3) is 5.91 Å². The third-order valence-corrected chi connectivity index (χ3v) is 2.80. The van der Waals surface area contributed by atoms with Gasteiger partial charge >= 0.3 is 11.9 Å². The summed E-state index contributed by atoms with van der Waals surface area (Å²) in [5, 5.41) is 20.2. The van der Waals surface area contributed by atoms with E-state index in [1.54, 1.807) is 0 Å². The zero-order valence-electron chi connectivity index (χ0n) is 11.0. The summed E-state index contributed by atoms with van der Waals surface area (Å²) >= 11 is 0. The van der Waals surface area contributed by atoms with E-state index >= 15 is 0 Å². The molecule has 1 amide bonds. The van der Waals surface area contributed by atoms with Crippen molar-refractivity contribution in [2.24, 2.45) is 0 Å². The molecule has 2 aromatic rings. The lowest BCUT2D eigenvalue weighted by molar-refractivity contribution is 0.0696. The second-order valence-electron chi connectivity index (χ2n) is 4.34. The SMILES string of the molecule is O=C(O)c1cc(NC(=O)c2ccccc2F)cc(C(=O)O)c1. The number of carboxylic acid groups (broad SMARTS) is 2. The smallest absolute Gasteiger partial charge is 0.335 e. The van der Waals surface area contributed by atoms with Crippen molar-refractivity contribution >= 4 is 23.5 Å². The number of aromatic carboxylic acids is 2. The molecule has 7 heteroatoms. The van der Waals surface area contributed by atoms with E-state index in [1.165, 1.54) is 18.2 Å². The van der Waals surface area contributed by atoms with Gasteiger partial charge in [-0.15, -0.1) is 0 Å². The summed E-state index contributed by atoms with van der Waals surface area (Å²) in [4.78, 5) is 33.9. The van der Waals surface area contributed by atoms with Crippen LogP contribution < -0.4 is 5.32 Å². The van der Waals surface area contributed by atoms with Crippen LogP contribution in [0.1, 0.15) is 31.1 Å². The molecule has 0 aliphatic rings. The van der Waals surface area contributed by atoms with Gasteiger partial charge < -0.3 is 15.5 Å². The maximum absolute atomic E-state index is 13.5. The molecule has 0 aliphatic heterocycles. The van der Waals surface area contributed by atoms with E-state index in [4.69, 9.17) is 10.2 Å². The topological polar surface area (TPSA) is 104 Å². The molecule has 0 aromatic heterocycles. The summed E-state index contributed by atoms with van der Waals surface area (Å²) in [6, 6.07) is 8.38. The minimum Gasteiger partial charge on any atom is -0.478 e. The van der Waals surface area contributed by atoms with Crippen molar-refractivity contribution in [1.82, 2.24) is 0 Å².